The summed E-state index contributed by atoms with van der Waals surface area (Å²) in [5, 5.41) is 2.81. The van der Waals surface area contributed by atoms with Crippen molar-refractivity contribution in [2.24, 2.45) is 11.8 Å². The molecule has 3 rings (SSSR count). The predicted octanol–water partition coefficient (Wildman–Crippen LogP) is 4.79. The molecule has 2 heterocycles. The van der Waals surface area contributed by atoms with E-state index in [1.807, 2.05) is 50.1 Å². The van der Waals surface area contributed by atoms with Gasteiger partial charge in [0, 0.05) is 51.8 Å². The molecular weight excluding hydrogens is 630 g/mol. The Hall–Kier alpha value is -3.93. The Bertz CT molecular complexity index is 1410. The first-order valence-electron chi connectivity index (χ1n) is 16.6. The summed E-state index contributed by atoms with van der Waals surface area (Å²) < 4.78 is 10.5. The first-order valence-corrected chi connectivity index (χ1v) is 17.4. The zero-order chi connectivity index (χ0) is 35.7. The normalized spacial score (nSPS) is 16.8. The van der Waals surface area contributed by atoms with E-state index in [0.29, 0.717) is 24.5 Å². The number of carbonyl (C=O) groups excluding carboxylic acids is 4. The van der Waals surface area contributed by atoms with E-state index in [1.54, 1.807) is 53.5 Å². The number of methoxy groups -OCH3 is 2. The monoisotopic (exact) mass is 683 g/mol. The fraction of sp³-hybridized carbons (Fsp3) is 0.583. The Balaban J connectivity index is 1.94. The minimum atomic E-state index is -0.921. The summed E-state index contributed by atoms with van der Waals surface area (Å²) in [6.07, 6.45) is 5.39. The van der Waals surface area contributed by atoms with Crippen molar-refractivity contribution in [1.29, 1.82) is 0 Å². The van der Waals surface area contributed by atoms with Crippen molar-refractivity contribution in [3.05, 3.63) is 58.2 Å². The molecule has 4 amide bonds. The van der Waals surface area contributed by atoms with Crippen molar-refractivity contribution < 1.29 is 28.7 Å². The Labute approximate surface area is 289 Å². The minimum absolute atomic E-state index is 0.0651. The molecule has 4 atom stereocenters. The molecule has 2 aromatic rings. The van der Waals surface area contributed by atoms with Crippen LogP contribution in [-0.4, -0.2) is 108 Å². The van der Waals surface area contributed by atoms with E-state index in [1.165, 1.54) is 39.2 Å². The van der Waals surface area contributed by atoms with Gasteiger partial charge in [0.25, 0.3) is 0 Å². The molecule has 1 aliphatic heterocycles. The summed E-state index contributed by atoms with van der Waals surface area (Å²) in [5.74, 6) is -0.235. The highest BCUT2D eigenvalue weighted by atomic mass is 32.1. The number of thiazole rings is 1. The van der Waals surface area contributed by atoms with Crippen LogP contribution in [0.3, 0.4) is 0 Å². The number of allylic oxidation sites excluding steroid dienone is 1. The predicted molar refractivity (Wildman–Crippen MR) is 187 cm³/mol. The number of likely N-dealkylation sites (tertiary alicyclic amines) is 1. The number of aromatic nitrogens is 1. The first-order chi connectivity index (χ1) is 22.7. The van der Waals surface area contributed by atoms with Gasteiger partial charge in [-0.1, -0.05) is 39.8 Å². The van der Waals surface area contributed by atoms with E-state index in [0.717, 1.165) is 23.4 Å². The number of hydrogen-bond donors (Lipinski definition) is 0. The highest BCUT2D eigenvalue weighted by molar-refractivity contribution is 7.09. The Morgan fingerprint density at radius 2 is 1.62 bits per heavy atom. The maximum atomic E-state index is 14.5. The van der Waals surface area contributed by atoms with Crippen LogP contribution in [-0.2, 0) is 30.3 Å². The second-order valence-corrected chi connectivity index (χ2v) is 14.2. The molecular formula is C36H53N5O6S. The minimum Gasteiger partial charge on any atom is -0.501 e. The van der Waals surface area contributed by atoms with E-state index < -0.39 is 24.0 Å². The molecule has 1 aromatic carbocycles. The van der Waals surface area contributed by atoms with Gasteiger partial charge in [-0.05, 0) is 55.7 Å². The van der Waals surface area contributed by atoms with Crippen LogP contribution in [0.1, 0.15) is 70.5 Å². The summed E-state index contributed by atoms with van der Waals surface area (Å²) in [6.45, 7) is 10.1. The maximum absolute atomic E-state index is 14.5. The van der Waals surface area contributed by atoms with Crippen LogP contribution in [0.25, 0.3) is 0 Å². The van der Waals surface area contributed by atoms with Crippen molar-refractivity contribution >= 4 is 35.0 Å². The van der Waals surface area contributed by atoms with Crippen LogP contribution in [0.15, 0.2) is 47.7 Å². The number of amides is 4. The van der Waals surface area contributed by atoms with E-state index in [2.05, 4.69) is 4.98 Å². The second-order valence-electron chi connectivity index (χ2n) is 13.3. The molecule has 0 N–H and O–H groups in total. The van der Waals surface area contributed by atoms with E-state index >= 15 is 0 Å². The lowest BCUT2D eigenvalue weighted by atomic mass is 9.96. The lowest BCUT2D eigenvalue weighted by molar-refractivity contribution is -0.154. The van der Waals surface area contributed by atoms with Gasteiger partial charge in [-0.25, -0.2) is 4.98 Å². The molecule has 1 aromatic heterocycles. The topological polar surface area (TPSA) is 113 Å². The molecule has 1 fully saturated rings. The van der Waals surface area contributed by atoms with Gasteiger partial charge < -0.3 is 29.1 Å². The zero-order valence-electron chi connectivity index (χ0n) is 30.1. The Kier molecular flexibility index (Phi) is 14.0. The molecule has 12 heteroatoms. The number of rotatable bonds is 15. The van der Waals surface area contributed by atoms with Crippen LogP contribution in [0.4, 0.5) is 0 Å². The molecule has 0 radical (unpaired) electrons. The van der Waals surface area contributed by atoms with Crippen LogP contribution >= 0.6 is 11.3 Å². The number of ether oxygens (including phenoxy) is 2. The molecule has 0 bridgehead atoms. The highest BCUT2D eigenvalue weighted by Crippen LogP contribution is 2.35. The summed E-state index contributed by atoms with van der Waals surface area (Å²) in [5.41, 5.74) is 0.823. The van der Waals surface area contributed by atoms with Crippen molar-refractivity contribution in [1.82, 2.24) is 24.6 Å². The van der Waals surface area contributed by atoms with Crippen molar-refractivity contribution in [2.75, 3.05) is 41.9 Å². The van der Waals surface area contributed by atoms with Crippen LogP contribution < -0.4 is 4.74 Å². The molecule has 0 saturated carbocycles. The van der Waals surface area contributed by atoms with Gasteiger partial charge >= 0.3 is 0 Å². The Morgan fingerprint density at radius 3 is 2.17 bits per heavy atom. The van der Waals surface area contributed by atoms with Crippen molar-refractivity contribution in [3.63, 3.8) is 0 Å². The number of nitrogens with zero attached hydrogens (tertiary/aromatic N) is 5. The maximum Gasteiger partial charge on any atom is 0.250 e. The lowest BCUT2D eigenvalue weighted by Crippen LogP contribution is -2.59. The third-order valence-electron chi connectivity index (χ3n) is 9.05. The lowest BCUT2D eigenvalue weighted by Gasteiger charge is -2.40. The van der Waals surface area contributed by atoms with Crippen LogP contribution in [0, 0.1) is 11.8 Å². The quantitative estimate of drug-likeness (QED) is 0.196. The van der Waals surface area contributed by atoms with Gasteiger partial charge in [-0.2, -0.15) is 0 Å². The largest absolute Gasteiger partial charge is 0.501 e. The highest BCUT2D eigenvalue weighted by Gasteiger charge is 2.42. The summed E-state index contributed by atoms with van der Waals surface area (Å²) in [4.78, 5) is 67.1. The third-order valence-corrected chi connectivity index (χ3v) is 9.93. The standard InChI is InChI=1S/C36H53N5O6S/c1-23(2)20-29(35(44)40(8)32(24(3)4)36(45)41-18-11-12-28(41)33-37-17-19-48-33)39(7)34(43)30(38(6)31(42)21-25(5)46-9)22-26-13-15-27(47-10)16-14-26/h13-17,19,21,23-24,28-30,32H,11-12,18,20,22H2,1-10H3/b25-21+/t28-,29-,30-,32-/m0/s1. The zero-order valence-corrected chi connectivity index (χ0v) is 31.0. The number of carbonyl (C=O) groups is 4. The summed E-state index contributed by atoms with van der Waals surface area (Å²) in [7, 11) is 7.91. The number of hydrogen-bond acceptors (Lipinski definition) is 8. The van der Waals surface area contributed by atoms with Crippen molar-refractivity contribution in [3.8, 4) is 5.75 Å². The van der Waals surface area contributed by atoms with Gasteiger partial charge in [0.1, 0.15) is 28.9 Å². The summed E-state index contributed by atoms with van der Waals surface area (Å²) in [6, 6.07) is 4.71. The van der Waals surface area contributed by atoms with Gasteiger partial charge in [-0.3, -0.25) is 19.2 Å². The average molecular weight is 684 g/mol. The van der Waals surface area contributed by atoms with E-state index in [9.17, 15) is 19.2 Å². The molecule has 1 saturated heterocycles. The smallest absolute Gasteiger partial charge is 0.250 e. The molecule has 0 unspecified atom stereocenters. The first kappa shape index (κ1) is 38.5. The van der Waals surface area contributed by atoms with Crippen LogP contribution in [0.2, 0.25) is 0 Å². The molecule has 1 aliphatic rings. The molecule has 11 nitrogen and oxygen atoms in total. The van der Waals surface area contributed by atoms with Gasteiger partial charge in [0.05, 0.1) is 26.0 Å². The molecule has 0 aliphatic carbocycles. The number of benzene rings is 1. The fourth-order valence-corrected chi connectivity index (χ4v) is 7.03. The average Bonchev–Trinajstić information content (AvgIpc) is 3.77. The fourth-order valence-electron chi connectivity index (χ4n) is 6.25. The van der Waals surface area contributed by atoms with Gasteiger partial charge in [0.15, 0.2) is 0 Å². The number of likely N-dealkylation sites (N-methyl/N-ethyl adjacent to an activating group) is 3. The molecule has 0 spiro atoms. The SMILES string of the molecule is CO/C(C)=C/C(=O)N(C)[C@@H](Cc1ccc(OC)cc1)C(=O)N(C)[C@@H](CC(C)C)C(=O)N(C)[C@H](C(=O)N1CCC[C@H]1c1nccs1)C(C)C. The second kappa shape index (κ2) is 17.5. The summed E-state index contributed by atoms with van der Waals surface area (Å²) >= 11 is 1.53. The molecule has 48 heavy (non-hydrogen) atoms. The van der Waals surface area contributed by atoms with Crippen molar-refractivity contribution in [2.45, 2.75) is 84.5 Å². The van der Waals surface area contributed by atoms with Crippen LogP contribution in [0.5, 0.6) is 5.75 Å². The van der Waals surface area contributed by atoms with Gasteiger partial charge in [-0.15, -0.1) is 11.3 Å². The van der Waals surface area contributed by atoms with E-state index in [4.69, 9.17) is 9.47 Å². The van der Waals surface area contributed by atoms with Gasteiger partial charge in [0.2, 0.25) is 23.6 Å². The molecule has 264 valence electrons. The van der Waals surface area contributed by atoms with E-state index in [-0.39, 0.29) is 42.0 Å². The Morgan fingerprint density at radius 1 is 0.979 bits per heavy atom. The third kappa shape index (κ3) is 9.36.